The predicted molar refractivity (Wildman–Crippen MR) is 103 cm³/mol. The molecule has 0 aliphatic heterocycles. The number of alkyl halides is 4. The van der Waals surface area contributed by atoms with Gasteiger partial charge in [-0.05, 0) is 57.6 Å². The molecule has 0 aromatic heterocycles. The van der Waals surface area contributed by atoms with Crippen LogP contribution in [0.3, 0.4) is 0 Å². The number of halogens is 5. The van der Waals surface area contributed by atoms with Gasteiger partial charge < -0.3 is 20.1 Å². The monoisotopic (exact) mass is 450 g/mol. The Kier molecular flexibility index (Phi) is 7.96. The van der Waals surface area contributed by atoms with Crippen molar-refractivity contribution in [2.24, 2.45) is 5.92 Å². The SMILES string of the molecule is CC(NC1CCC(NC(=O)C2CC(Oc3cc(F)ccc3OC(F)F)C2)CC1)C(F)F. The molecule has 0 saturated heterocycles. The zero-order valence-electron chi connectivity index (χ0n) is 17.1. The van der Waals surface area contributed by atoms with Crippen LogP contribution in [0.5, 0.6) is 11.5 Å². The number of hydrogen-bond acceptors (Lipinski definition) is 4. The van der Waals surface area contributed by atoms with Crippen LogP contribution in [0.4, 0.5) is 22.0 Å². The summed E-state index contributed by atoms with van der Waals surface area (Å²) in [5.41, 5.74) is 0. The summed E-state index contributed by atoms with van der Waals surface area (Å²) in [6, 6.07) is 2.23. The van der Waals surface area contributed by atoms with E-state index < -0.39 is 31.0 Å². The fourth-order valence-electron chi connectivity index (χ4n) is 3.99. The number of carbonyl (C=O) groups excluding carboxylic acids is 1. The van der Waals surface area contributed by atoms with E-state index in [1.54, 1.807) is 0 Å². The molecule has 3 rings (SSSR count). The average Bonchev–Trinajstić information content (AvgIpc) is 2.67. The first kappa shape index (κ1) is 23.6. The Morgan fingerprint density at radius 2 is 1.68 bits per heavy atom. The van der Waals surface area contributed by atoms with Crippen LogP contribution in [0.25, 0.3) is 0 Å². The smallest absolute Gasteiger partial charge is 0.387 e. The lowest BCUT2D eigenvalue weighted by atomic mass is 9.81. The van der Waals surface area contributed by atoms with Gasteiger partial charge in [0.15, 0.2) is 11.5 Å². The highest BCUT2D eigenvalue weighted by atomic mass is 19.3. The van der Waals surface area contributed by atoms with E-state index in [1.165, 1.54) is 6.92 Å². The summed E-state index contributed by atoms with van der Waals surface area (Å²) < 4.78 is 73.6. The van der Waals surface area contributed by atoms with E-state index in [0.29, 0.717) is 38.5 Å². The van der Waals surface area contributed by atoms with Gasteiger partial charge in [0.2, 0.25) is 5.91 Å². The van der Waals surface area contributed by atoms with Crippen LogP contribution in [-0.4, -0.2) is 43.2 Å². The number of hydrogen-bond donors (Lipinski definition) is 2. The molecule has 1 atom stereocenters. The van der Waals surface area contributed by atoms with Gasteiger partial charge in [-0.3, -0.25) is 4.79 Å². The number of ether oxygens (including phenoxy) is 2. The average molecular weight is 450 g/mol. The number of nitrogens with one attached hydrogen (secondary N) is 2. The van der Waals surface area contributed by atoms with Gasteiger partial charge in [0.25, 0.3) is 6.43 Å². The van der Waals surface area contributed by atoms with Crippen LogP contribution in [0.15, 0.2) is 18.2 Å². The Bertz CT molecular complexity index is 738. The first-order valence-electron chi connectivity index (χ1n) is 10.5. The third-order valence-electron chi connectivity index (χ3n) is 5.83. The van der Waals surface area contributed by atoms with E-state index in [1.807, 2.05) is 0 Å². The molecular formula is C21H27F5N2O3. The first-order chi connectivity index (χ1) is 14.7. The minimum atomic E-state index is -3.06. The van der Waals surface area contributed by atoms with Gasteiger partial charge in [-0.1, -0.05) is 0 Å². The van der Waals surface area contributed by atoms with E-state index in [0.717, 1.165) is 18.2 Å². The van der Waals surface area contributed by atoms with E-state index >= 15 is 0 Å². The third-order valence-corrected chi connectivity index (χ3v) is 5.83. The van der Waals surface area contributed by atoms with Crippen molar-refractivity contribution in [2.75, 3.05) is 0 Å². The molecule has 10 heteroatoms. The minimum absolute atomic E-state index is 0.00152. The molecule has 2 N–H and O–H groups in total. The second-order valence-electron chi connectivity index (χ2n) is 8.22. The van der Waals surface area contributed by atoms with Crippen LogP contribution in [0, 0.1) is 11.7 Å². The first-order valence-corrected chi connectivity index (χ1v) is 10.5. The summed E-state index contributed by atoms with van der Waals surface area (Å²) in [5.74, 6) is -1.39. The van der Waals surface area contributed by atoms with Crippen molar-refractivity contribution < 1.29 is 36.2 Å². The van der Waals surface area contributed by atoms with Gasteiger partial charge in [0, 0.05) is 24.1 Å². The van der Waals surface area contributed by atoms with Crippen molar-refractivity contribution in [1.29, 1.82) is 0 Å². The molecule has 1 unspecified atom stereocenters. The largest absolute Gasteiger partial charge is 0.486 e. The van der Waals surface area contributed by atoms with Crippen molar-refractivity contribution >= 4 is 5.91 Å². The molecule has 1 amide bonds. The van der Waals surface area contributed by atoms with Crippen LogP contribution in [0.1, 0.15) is 45.4 Å². The fourth-order valence-corrected chi connectivity index (χ4v) is 3.99. The maximum absolute atomic E-state index is 13.4. The number of benzene rings is 1. The second kappa shape index (κ2) is 10.5. The molecule has 0 spiro atoms. The van der Waals surface area contributed by atoms with E-state index in [2.05, 4.69) is 15.4 Å². The van der Waals surface area contributed by atoms with Gasteiger partial charge in [0.1, 0.15) is 11.9 Å². The van der Waals surface area contributed by atoms with Crippen LogP contribution in [0.2, 0.25) is 0 Å². The highest BCUT2D eigenvalue weighted by Gasteiger charge is 2.38. The van der Waals surface area contributed by atoms with Gasteiger partial charge >= 0.3 is 6.61 Å². The van der Waals surface area contributed by atoms with Crippen molar-refractivity contribution in [1.82, 2.24) is 10.6 Å². The minimum Gasteiger partial charge on any atom is -0.486 e. The van der Waals surface area contributed by atoms with Gasteiger partial charge in [-0.15, -0.1) is 0 Å². The van der Waals surface area contributed by atoms with Gasteiger partial charge in [0.05, 0.1) is 6.04 Å². The maximum Gasteiger partial charge on any atom is 0.387 e. The molecule has 5 nitrogen and oxygen atoms in total. The molecule has 174 valence electrons. The van der Waals surface area contributed by atoms with Gasteiger partial charge in [-0.25, -0.2) is 13.2 Å². The molecule has 1 aromatic carbocycles. The lowest BCUT2D eigenvalue weighted by Crippen LogP contribution is -2.49. The molecule has 2 aliphatic carbocycles. The highest BCUT2D eigenvalue weighted by Crippen LogP contribution is 2.36. The highest BCUT2D eigenvalue weighted by molar-refractivity contribution is 5.80. The quantitative estimate of drug-likeness (QED) is 0.552. The molecule has 0 bridgehead atoms. The van der Waals surface area contributed by atoms with Crippen LogP contribution < -0.4 is 20.1 Å². The summed E-state index contributed by atoms with van der Waals surface area (Å²) in [4.78, 5) is 12.4. The topological polar surface area (TPSA) is 59.6 Å². The molecule has 2 fully saturated rings. The molecule has 1 aromatic rings. The molecule has 2 saturated carbocycles. The number of amides is 1. The van der Waals surface area contributed by atoms with Crippen molar-refractivity contribution in [2.45, 2.75) is 82.7 Å². The lowest BCUT2D eigenvalue weighted by molar-refractivity contribution is -0.131. The Balaban J connectivity index is 1.40. The second-order valence-corrected chi connectivity index (χ2v) is 8.22. The molecule has 0 radical (unpaired) electrons. The summed E-state index contributed by atoms with van der Waals surface area (Å²) >= 11 is 0. The van der Waals surface area contributed by atoms with Crippen LogP contribution >= 0.6 is 0 Å². The molecule has 2 aliphatic rings. The van der Waals surface area contributed by atoms with Crippen molar-refractivity contribution in [3.8, 4) is 11.5 Å². The molecule has 0 heterocycles. The van der Waals surface area contributed by atoms with Crippen molar-refractivity contribution in [3.63, 3.8) is 0 Å². The van der Waals surface area contributed by atoms with Crippen molar-refractivity contribution in [3.05, 3.63) is 24.0 Å². The van der Waals surface area contributed by atoms with E-state index in [4.69, 9.17) is 4.74 Å². The molecule has 31 heavy (non-hydrogen) atoms. The lowest BCUT2D eigenvalue weighted by Gasteiger charge is -2.37. The fraction of sp³-hybridized carbons (Fsp3) is 0.667. The Hall–Kier alpha value is -2.10. The number of carbonyl (C=O) groups is 1. The Labute approximate surface area is 177 Å². The van der Waals surface area contributed by atoms with E-state index in [9.17, 15) is 26.7 Å². The van der Waals surface area contributed by atoms with Gasteiger partial charge in [-0.2, -0.15) is 8.78 Å². The third kappa shape index (κ3) is 6.69. The predicted octanol–water partition coefficient (Wildman–Crippen LogP) is 4.26. The summed E-state index contributed by atoms with van der Waals surface area (Å²) in [6.45, 7) is -1.60. The normalized spacial score (nSPS) is 27.0. The Morgan fingerprint density at radius 1 is 1.03 bits per heavy atom. The zero-order valence-corrected chi connectivity index (χ0v) is 17.1. The number of rotatable bonds is 9. The molecular weight excluding hydrogens is 423 g/mol. The zero-order chi connectivity index (χ0) is 22.5. The summed E-state index contributed by atoms with van der Waals surface area (Å²) in [6.07, 6.45) is 0.826. The summed E-state index contributed by atoms with van der Waals surface area (Å²) in [7, 11) is 0. The van der Waals surface area contributed by atoms with E-state index in [-0.39, 0.29) is 35.4 Å². The summed E-state index contributed by atoms with van der Waals surface area (Å²) in [5, 5.41) is 5.92. The Morgan fingerprint density at radius 3 is 2.29 bits per heavy atom. The standard InChI is InChI=1S/C21H27F5N2O3/c1-11(19(23)24)27-14-3-5-15(6-4-14)28-20(29)12-8-16(9-12)30-18-10-13(22)2-7-17(18)31-21(25)26/h2,7,10-12,14-16,19,21,27H,3-6,8-9H2,1H3,(H,28,29). The maximum atomic E-state index is 13.4. The van der Waals surface area contributed by atoms with Crippen LogP contribution in [-0.2, 0) is 4.79 Å².